The first-order valence-corrected chi connectivity index (χ1v) is 5.98. The van der Waals surface area contributed by atoms with E-state index in [1.807, 2.05) is 6.07 Å². The predicted molar refractivity (Wildman–Crippen MR) is 64.8 cm³/mol. The molecule has 0 atom stereocenters. The maximum Gasteiger partial charge on any atom is 0.179 e. The van der Waals surface area contributed by atoms with Crippen molar-refractivity contribution in [3.63, 3.8) is 0 Å². The molecular formula is C12H16ClNO3. The summed E-state index contributed by atoms with van der Waals surface area (Å²) < 4.78 is 10.9. The lowest BCUT2D eigenvalue weighted by Gasteiger charge is -2.13. The van der Waals surface area contributed by atoms with Gasteiger partial charge in [-0.2, -0.15) is 0 Å². The van der Waals surface area contributed by atoms with Crippen LogP contribution in [0.25, 0.3) is 0 Å². The van der Waals surface area contributed by atoms with E-state index in [2.05, 4.69) is 5.48 Å². The van der Waals surface area contributed by atoms with Crippen LogP contribution in [0, 0.1) is 5.92 Å². The van der Waals surface area contributed by atoms with Crippen molar-refractivity contribution in [3.05, 3.63) is 22.7 Å². The second-order valence-corrected chi connectivity index (χ2v) is 4.61. The number of nitrogens with one attached hydrogen (secondary N) is 1. The molecule has 1 aromatic carbocycles. The van der Waals surface area contributed by atoms with E-state index in [9.17, 15) is 0 Å². The molecule has 0 aliphatic heterocycles. The molecule has 0 unspecified atom stereocenters. The lowest BCUT2D eigenvalue weighted by atomic mass is 10.2. The van der Waals surface area contributed by atoms with Crippen LogP contribution in [-0.4, -0.2) is 18.9 Å². The fourth-order valence-corrected chi connectivity index (χ4v) is 1.92. The van der Waals surface area contributed by atoms with Crippen molar-refractivity contribution in [2.75, 3.05) is 13.7 Å². The summed E-state index contributed by atoms with van der Waals surface area (Å²) in [6, 6.07) is 3.57. The fraction of sp³-hybridized carbons (Fsp3) is 0.500. The van der Waals surface area contributed by atoms with Crippen LogP contribution in [0.1, 0.15) is 18.4 Å². The monoisotopic (exact) mass is 257 g/mol. The second kappa shape index (κ2) is 5.58. The van der Waals surface area contributed by atoms with Crippen LogP contribution >= 0.6 is 11.6 Å². The van der Waals surface area contributed by atoms with Crippen LogP contribution in [-0.2, 0) is 6.54 Å². The summed E-state index contributed by atoms with van der Waals surface area (Å²) in [5.74, 6) is 1.85. The summed E-state index contributed by atoms with van der Waals surface area (Å²) in [4.78, 5) is 0. The molecule has 17 heavy (non-hydrogen) atoms. The third-order valence-electron chi connectivity index (χ3n) is 2.73. The molecule has 0 heterocycles. The smallest absolute Gasteiger partial charge is 0.179 e. The Morgan fingerprint density at radius 3 is 2.82 bits per heavy atom. The zero-order valence-corrected chi connectivity index (χ0v) is 10.5. The molecule has 1 aromatic rings. The van der Waals surface area contributed by atoms with Crippen molar-refractivity contribution in [1.82, 2.24) is 5.48 Å². The van der Waals surface area contributed by atoms with Crippen LogP contribution in [0.5, 0.6) is 11.5 Å². The fourth-order valence-electron chi connectivity index (χ4n) is 1.61. The summed E-state index contributed by atoms with van der Waals surface area (Å²) in [5, 5.41) is 9.18. The van der Waals surface area contributed by atoms with Gasteiger partial charge in [0.25, 0.3) is 0 Å². The van der Waals surface area contributed by atoms with Gasteiger partial charge in [0.05, 0.1) is 18.7 Å². The number of hydrogen-bond donors (Lipinski definition) is 2. The van der Waals surface area contributed by atoms with Crippen molar-refractivity contribution in [3.8, 4) is 11.5 Å². The zero-order chi connectivity index (χ0) is 12.3. The number of hydroxylamine groups is 1. The molecule has 1 saturated carbocycles. The van der Waals surface area contributed by atoms with Crippen molar-refractivity contribution >= 4 is 11.6 Å². The highest BCUT2D eigenvalue weighted by molar-refractivity contribution is 6.32. The van der Waals surface area contributed by atoms with E-state index in [0.717, 1.165) is 5.56 Å². The number of methoxy groups -OCH3 is 1. The molecule has 1 aliphatic carbocycles. The summed E-state index contributed by atoms with van der Waals surface area (Å²) in [5.41, 5.74) is 2.95. The van der Waals surface area contributed by atoms with Crippen molar-refractivity contribution in [2.24, 2.45) is 5.92 Å². The number of hydrogen-bond acceptors (Lipinski definition) is 4. The lowest BCUT2D eigenvalue weighted by molar-refractivity contribution is 0.161. The maximum atomic E-state index is 8.69. The van der Waals surface area contributed by atoms with E-state index >= 15 is 0 Å². The topological polar surface area (TPSA) is 50.7 Å². The highest BCUT2D eigenvalue weighted by Crippen LogP contribution is 2.38. The van der Waals surface area contributed by atoms with Gasteiger partial charge in [-0.1, -0.05) is 11.6 Å². The Morgan fingerprint density at radius 2 is 2.24 bits per heavy atom. The Labute approximate surface area is 105 Å². The van der Waals surface area contributed by atoms with Crippen molar-refractivity contribution < 1.29 is 14.7 Å². The minimum absolute atomic E-state index is 0.323. The van der Waals surface area contributed by atoms with Gasteiger partial charge in [-0.15, -0.1) is 0 Å². The van der Waals surface area contributed by atoms with Gasteiger partial charge >= 0.3 is 0 Å². The van der Waals surface area contributed by atoms with Crippen LogP contribution in [0.2, 0.25) is 5.02 Å². The van der Waals surface area contributed by atoms with E-state index in [1.165, 1.54) is 12.8 Å². The van der Waals surface area contributed by atoms with E-state index in [1.54, 1.807) is 13.2 Å². The van der Waals surface area contributed by atoms with Crippen LogP contribution < -0.4 is 15.0 Å². The largest absolute Gasteiger partial charge is 0.491 e. The first-order chi connectivity index (χ1) is 8.24. The Kier molecular flexibility index (Phi) is 4.10. The summed E-state index contributed by atoms with van der Waals surface area (Å²) >= 11 is 6.09. The van der Waals surface area contributed by atoms with E-state index < -0.39 is 0 Å². The summed E-state index contributed by atoms with van der Waals surface area (Å²) in [6.45, 7) is 1.02. The Morgan fingerprint density at radius 1 is 1.47 bits per heavy atom. The summed E-state index contributed by atoms with van der Waals surface area (Å²) in [6.07, 6.45) is 2.46. The molecule has 1 aliphatic rings. The lowest BCUT2D eigenvalue weighted by Crippen LogP contribution is -2.07. The standard InChI is InChI=1S/C12H16ClNO3/c1-16-12-10(13)4-9(6-14-15)5-11(12)17-7-8-2-3-8/h4-5,8,14-15H,2-3,6-7H2,1H3. The Balaban J connectivity index is 2.17. The van der Waals surface area contributed by atoms with Crippen molar-refractivity contribution in [2.45, 2.75) is 19.4 Å². The highest BCUT2D eigenvalue weighted by Gasteiger charge is 2.23. The van der Waals surface area contributed by atoms with Gasteiger partial charge in [0, 0.05) is 6.54 Å². The molecule has 0 saturated heterocycles. The summed E-state index contributed by atoms with van der Waals surface area (Å²) in [7, 11) is 1.56. The van der Waals surface area contributed by atoms with Gasteiger partial charge in [0.2, 0.25) is 0 Å². The Hall–Kier alpha value is -0.970. The average molecular weight is 258 g/mol. The maximum absolute atomic E-state index is 8.69. The molecule has 0 aromatic heterocycles. The molecule has 4 nitrogen and oxygen atoms in total. The van der Waals surface area contributed by atoms with E-state index in [4.69, 9.17) is 26.3 Å². The first kappa shape index (κ1) is 12.5. The zero-order valence-electron chi connectivity index (χ0n) is 9.70. The molecule has 2 rings (SSSR count). The van der Waals surface area contributed by atoms with E-state index in [0.29, 0.717) is 35.6 Å². The number of rotatable bonds is 6. The molecule has 5 heteroatoms. The third kappa shape index (κ3) is 3.25. The molecule has 0 amide bonds. The van der Waals surface area contributed by atoms with Crippen molar-refractivity contribution in [1.29, 1.82) is 0 Å². The normalized spacial score (nSPS) is 14.8. The molecule has 0 spiro atoms. The molecule has 94 valence electrons. The second-order valence-electron chi connectivity index (χ2n) is 4.20. The van der Waals surface area contributed by atoms with Gasteiger partial charge in [0.15, 0.2) is 11.5 Å². The number of halogens is 1. The van der Waals surface area contributed by atoms with Crippen LogP contribution in [0.3, 0.4) is 0 Å². The van der Waals surface area contributed by atoms with Gasteiger partial charge in [-0.3, -0.25) is 0 Å². The average Bonchev–Trinajstić information content (AvgIpc) is 3.10. The van der Waals surface area contributed by atoms with Gasteiger partial charge in [-0.05, 0) is 36.5 Å². The van der Waals surface area contributed by atoms with Crippen LogP contribution in [0.4, 0.5) is 0 Å². The van der Waals surface area contributed by atoms with E-state index in [-0.39, 0.29) is 0 Å². The predicted octanol–water partition coefficient (Wildman–Crippen LogP) is 2.62. The van der Waals surface area contributed by atoms with Gasteiger partial charge in [0.1, 0.15) is 0 Å². The minimum atomic E-state index is 0.323. The van der Waals surface area contributed by atoms with Gasteiger partial charge < -0.3 is 14.7 Å². The third-order valence-corrected chi connectivity index (χ3v) is 3.01. The molecular weight excluding hydrogens is 242 g/mol. The highest BCUT2D eigenvalue weighted by atomic mass is 35.5. The SMILES string of the molecule is COc1c(Cl)cc(CNO)cc1OCC1CC1. The number of ether oxygens (including phenoxy) is 2. The minimum Gasteiger partial charge on any atom is -0.491 e. The number of benzene rings is 1. The molecule has 1 fully saturated rings. The van der Waals surface area contributed by atoms with Gasteiger partial charge in [-0.25, -0.2) is 5.48 Å². The molecule has 0 bridgehead atoms. The first-order valence-electron chi connectivity index (χ1n) is 5.60. The molecule has 0 radical (unpaired) electrons. The van der Waals surface area contributed by atoms with Crippen LogP contribution in [0.15, 0.2) is 12.1 Å². The Bertz CT molecular complexity index is 394. The quantitative estimate of drug-likeness (QED) is 0.770. The molecule has 2 N–H and O–H groups in total.